The average Bonchev–Trinajstić information content (AvgIpc) is 3.10. The molecule has 0 atom stereocenters. The summed E-state index contributed by atoms with van der Waals surface area (Å²) >= 11 is 0. The smallest absolute Gasteiger partial charge is 0.322 e. The first-order valence-corrected chi connectivity index (χ1v) is 10.7. The van der Waals surface area contributed by atoms with Crippen LogP contribution < -0.4 is 9.39 Å². The molecule has 0 amide bonds. The summed E-state index contributed by atoms with van der Waals surface area (Å²) in [6.45, 7) is 3.94. The topological polar surface area (TPSA) is 18.5 Å². The molecule has 0 aliphatic heterocycles. The maximum Gasteiger partial charge on any atom is 0.322 e. The number of rotatable bonds is 4. The summed E-state index contributed by atoms with van der Waals surface area (Å²) in [6.07, 6.45) is 0. The minimum absolute atomic E-state index is 0.286. The molecular formula is C28H24BFO2. The molecule has 32 heavy (non-hydrogen) atoms. The van der Waals surface area contributed by atoms with E-state index < -0.39 is 5.41 Å². The van der Waals surface area contributed by atoms with Gasteiger partial charge in [-0.25, -0.2) is 4.39 Å². The van der Waals surface area contributed by atoms with Gasteiger partial charge in [-0.2, -0.15) is 0 Å². The Kier molecular flexibility index (Phi) is 4.81. The highest BCUT2D eigenvalue weighted by Crippen LogP contribution is 2.56. The molecule has 4 heteroatoms. The van der Waals surface area contributed by atoms with Crippen molar-refractivity contribution >= 4 is 8.05 Å². The second kappa shape index (κ2) is 7.56. The molecule has 0 N–H and O–H groups in total. The second-order valence-corrected chi connectivity index (χ2v) is 8.33. The van der Waals surface area contributed by atoms with Crippen molar-refractivity contribution < 1.29 is 13.8 Å². The van der Waals surface area contributed by atoms with Crippen molar-refractivity contribution in [3.05, 3.63) is 118 Å². The van der Waals surface area contributed by atoms with Crippen molar-refractivity contribution in [2.75, 3.05) is 7.11 Å². The minimum atomic E-state index is -0.651. The Balaban J connectivity index is 1.94. The largest absolute Gasteiger partial charge is 0.566 e. The highest BCUT2D eigenvalue weighted by atomic mass is 19.1. The lowest BCUT2D eigenvalue weighted by molar-refractivity contribution is 0.411. The minimum Gasteiger partial charge on any atom is -0.566 e. The summed E-state index contributed by atoms with van der Waals surface area (Å²) in [7, 11) is 3.19. The first-order valence-electron chi connectivity index (χ1n) is 10.7. The lowest BCUT2D eigenvalue weighted by Crippen LogP contribution is -2.29. The molecule has 1 aliphatic carbocycles. The first kappa shape index (κ1) is 20.4. The highest BCUT2D eigenvalue weighted by molar-refractivity contribution is 6.00. The fourth-order valence-corrected chi connectivity index (χ4v) is 5.34. The van der Waals surface area contributed by atoms with E-state index in [2.05, 4.69) is 66.7 Å². The molecule has 0 saturated carbocycles. The van der Waals surface area contributed by atoms with Crippen molar-refractivity contribution in [3.63, 3.8) is 0 Å². The van der Waals surface area contributed by atoms with Gasteiger partial charge < -0.3 is 9.39 Å². The summed E-state index contributed by atoms with van der Waals surface area (Å²) in [5.41, 5.74) is 7.76. The van der Waals surface area contributed by atoms with E-state index in [0.29, 0.717) is 0 Å². The van der Waals surface area contributed by atoms with Crippen LogP contribution in [0.4, 0.5) is 4.39 Å². The normalized spacial score (nSPS) is 13.4. The third kappa shape index (κ3) is 2.72. The molecule has 0 heterocycles. The summed E-state index contributed by atoms with van der Waals surface area (Å²) in [5, 5.41) is 0. The van der Waals surface area contributed by atoms with Crippen molar-refractivity contribution in [1.82, 2.24) is 0 Å². The molecule has 4 aromatic carbocycles. The van der Waals surface area contributed by atoms with Crippen LogP contribution in [0.1, 0.15) is 33.4 Å². The Labute approximate surface area is 189 Å². The van der Waals surface area contributed by atoms with E-state index in [1.807, 2.05) is 19.9 Å². The Morgan fingerprint density at radius 1 is 0.750 bits per heavy atom. The van der Waals surface area contributed by atoms with Gasteiger partial charge in [-0.15, -0.1) is 0 Å². The van der Waals surface area contributed by atoms with Gasteiger partial charge in [0.1, 0.15) is 11.5 Å². The van der Waals surface area contributed by atoms with E-state index >= 15 is 4.39 Å². The number of hydrogen-bond acceptors (Lipinski definition) is 2. The Hall–Kier alpha value is -3.53. The quantitative estimate of drug-likeness (QED) is 0.344. The summed E-state index contributed by atoms with van der Waals surface area (Å²) in [4.78, 5) is 0. The van der Waals surface area contributed by atoms with E-state index in [4.69, 9.17) is 9.39 Å². The van der Waals surface area contributed by atoms with Crippen molar-refractivity contribution in [2.45, 2.75) is 19.3 Å². The van der Waals surface area contributed by atoms with E-state index in [9.17, 15) is 0 Å². The predicted molar refractivity (Wildman–Crippen MR) is 129 cm³/mol. The van der Waals surface area contributed by atoms with Gasteiger partial charge in [0, 0.05) is 0 Å². The Morgan fingerprint density at radius 3 is 1.88 bits per heavy atom. The Bertz CT molecular complexity index is 1280. The van der Waals surface area contributed by atoms with Crippen LogP contribution in [0.3, 0.4) is 0 Å². The van der Waals surface area contributed by atoms with Crippen LogP contribution >= 0.6 is 0 Å². The summed E-state index contributed by atoms with van der Waals surface area (Å²) in [5.74, 6) is 0.768. The molecule has 158 valence electrons. The second-order valence-electron chi connectivity index (χ2n) is 8.33. The van der Waals surface area contributed by atoms with Gasteiger partial charge in [-0.3, -0.25) is 0 Å². The number of ether oxygens (including phenoxy) is 1. The van der Waals surface area contributed by atoms with Crippen molar-refractivity contribution in [1.29, 1.82) is 0 Å². The Morgan fingerprint density at radius 2 is 1.34 bits per heavy atom. The average molecular weight is 422 g/mol. The molecule has 0 aromatic heterocycles. The lowest BCUT2D eigenvalue weighted by atomic mass is 9.67. The fraction of sp³-hybridized carbons (Fsp3) is 0.143. The third-order valence-electron chi connectivity index (χ3n) is 6.65. The van der Waals surface area contributed by atoms with E-state index in [-0.39, 0.29) is 11.6 Å². The maximum atomic E-state index is 15.3. The van der Waals surface area contributed by atoms with Gasteiger partial charge in [-0.1, -0.05) is 66.7 Å². The van der Waals surface area contributed by atoms with Crippen LogP contribution in [0.5, 0.6) is 11.5 Å². The van der Waals surface area contributed by atoms with E-state index in [1.54, 1.807) is 13.2 Å². The van der Waals surface area contributed by atoms with E-state index in [0.717, 1.165) is 39.1 Å². The molecule has 4 aromatic rings. The third-order valence-corrected chi connectivity index (χ3v) is 6.65. The number of aryl methyl sites for hydroxylation is 2. The van der Waals surface area contributed by atoms with Crippen LogP contribution in [0.2, 0.25) is 0 Å². The molecule has 2 nitrogen and oxygen atoms in total. The van der Waals surface area contributed by atoms with Crippen molar-refractivity contribution in [2.24, 2.45) is 0 Å². The highest BCUT2D eigenvalue weighted by Gasteiger charge is 2.46. The zero-order valence-corrected chi connectivity index (χ0v) is 18.7. The number of methoxy groups -OCH3 is 1. The zero-order chi connectivity index (χ0) is 22.5. The molecule has 0 bridgehead atoms. The maximum absolute atomic E-state index is 15.3. The van der Waals surface area contributed by atoms with Gasteiger partial charge in [-0.05, 0) is 70.5 Å². The molecule has 0 radical (unpaired) electrons. The van der Waals surface area contributed by atoms with Gasteiger partial charge in [0.05, 0.1) is 12.5 Å². The zero-order valence-electron chi connectivity index (χ0n) is 18.7. The molecule has 0 fully saturated rings. The van der Waals surface area contributed by atoms with Crippen LogP contribution in [-0.2, 0) is 5.41 Å². The lowest BCUT2D eigenvalue weighted by Gasteiger charge is -2.34. The van der Waals surface area contributed by atoms with Gasteiger partial charge in [0.25, 0.3) is 0 Å². The van der Waals surface area contributed by atoms with E-state index in [1.165, 1.54) is 19.2 Å². The van der Waals surface area contributed by atoms with Crippen LogP contribution in [0, 0.1) is 19.7 Å². The monoisotopic (exact) mass is 422 g/mol. The van der Waals surface area contributed by atoms with Crippen LogP contribution in [0.25, 0.3) is 11.1 Å². The summed E-state index contributed by atoms with van der Waals surface area (Å²) in [6, 6.07) is 26.8. The fourth-order valence-electron chi connectivity index (χ4n) is 5.34. The molecule has 1 aliphatic rings. The number of benzene rings is 4. The number of halogens is 1. The standard InChI is InChI=1S/C28H24BFO2/c1-17-14-19(12-13-26(17)31-3)28(20-15-18(2)27(32-29)25(30)16-20)23-10-6-4-8-21(23)22-9-5-7-11-24(22)28/h4-16H,29H2,1-3H3. The first-order chi connectivity index (χ1) is 15.5. The molecular weight excluding hydrogens is 398 g/mol. The van der Waals surface area contributed by atoms with Crippen LogP contribution in [0.15, 0.2) is 78.9 Å². The van der Waals surface area contributed by atoms with Gasteiger partial charge >= 0.3 is 8.05 Å². The number of hydrogen-bond donors (Lipinski definition) is 0. The van der Waals surface area contributed by atoms with Crippen LogP contribution in [-0.4, -0.2) is 15.2 Å². The van der Waals surface area contributed by atoms with Gasteiger partial charge in [0.15, 0.2) is 5.82 Å². The molecule has 5 rings (SSSR count). The predicted octanol–water partition coefficient (Wildman–Crippen LogP) is 5.74. The SMILES string of the molecule is BOc1c(C)cc(C2(c3ccc(OC)c(C)c3)c3ccccc3-c3ccccc32)cc1F. The van der Waals surface area contributed by atoms with Gasteiger partial charge in [0.2, 0.25) is 0 Å². The summed E-state index contributed by atoms with van der Waals surface area (Å²) < 4.78 is 26.1. The van der Waals surface area contributed by atoms with Crippen molar-refractivity contribution in [3.8, 4) is 22.6 Å². The number of fused-ring (bicyclic) bond motifs is 3. The molecule has 0 spiro atoms. The molecule has 0 unspecified atom stereocenters. The molecule has 0 saturated heterocycles.